The van der Waals surface area contributed by atoms with Gasteiger partial charge in [-0.15, -0.1) is 24.0 Å². The number of nitrogens with zero attached hydrogens (tertiary/aromatic N) is 2. The lowest BCUT2D eigenvalue weighted by Gasteiger charge is -2.14. The molecule has 0 bridgehead atoms. The Hall–Kier alpha value is -1.02. The molecule has 1 saturated heterocycles. The van der Waals surface area contributed by atoms with Crippen molar-refractivity contribution < 1.29 is 4.74 Å². The fourth-order valence-electron chi connectivity index (χ4n) is 3.06. The molecule has 5 nitrogen and oxygen atoms in total. The van der Waals surface area contributed by atoms with E-state index in [9.17, 15) is 0 Å². The van der Waals surface area contributed by atoms with Crippen molar-refractivity contribution in [3.63, 3.8) is 0 Å². The lowest BCUT2D eigenvalue weighted by Crippen LogP contribution is -2.38. The number of para-hydroxylation sites is 1. The molecule has 0 radical (unpaired) electrons. The molecule has 0 unspecified atom stereocenters. The van der Waals surface area contributed by atoms with Crippen LogP contribution in [0.1, 0.15) is 31.7 Å². The zero-order valence-electron chi connectivity index (χ0n) is 15.6. The van der Waals surface area contributed by atoms with E-state index in [4.69, 9.17) is 4.74 Å². The molecule has 0 aromatic heterocycles. The molecule has 1 aliphatic rings. The van der Waals surface area contributed by atoms with E-state index in [-0.39, 0.29) is 24.0 Å². The van der Waals surface area contributed by atoms with E-state index >= 15 is 0 Å². The van der Waals surface area contributed by atoms with Crippen molar-refractivity contribution in [2.45, 2.75) is 32.6 Å². The molecule has 1 fully saturated rings. The highest BCUT2D eigenvalue weighted by molar-refractivity contribution is 14.0. The number of methoxy groups -OCH3 is 1. The largest absolute Gasteiger partial charge is 0.496 e. The first kappa shape index (κ1) is 22.0. The molecule has 1 heterocycles. The zero-order valence-corrected chi connectivity index (χ0v) is 17.9. The Morgan fingerprint density at radius 2 is 1.96 bits per heavy atom. The highest BCUT2D eigenvalue weighted by Crippen LogP contribution is 2.17. The molecule has 1 aromatic rings. The minimum Gasteiger partial charge on any atom is -0.496 e. The third kappa shape index (κ3) is 8.27. The number of halogens is 1. The van der Waals surface area contributed by atoms with Gasteiger partial charge in [-0.25, -0.2) is 0 Å². The maximum Gasteiger partial charge on any atom is 0.191 e. The number of benzene rings is 1. The average Bonchev–Trinajstić information content (AvgIpc) is 3.12. The molecule has 0 aliphatic carbocycles. The van der Waals surface area contributed by atoms with E-state index < -0.39 is 0 Å². The number of hydrogen-bond acceptors (Lipinski definition) is 3. The second-order valence-corrected chi connectivity index (χ2v) is 6.15. The molecule has 1 aromatic carbocycles. The van der Waals surface area contributed by atoms with Crippen molar-refractivity contribution in [3.05, 3.63) is 29.8 Å². The molecule has 142 valence electrons. The van der Waals surface area contributed by atoms with Gasteiger partial charge in [-0.2, -0.15) is 0 Å². The van der Waals surface area contributed by atoms with E-state index in [0.717, 1.165) is 44.2 Å². The van der Waals surface area contributed by atoms with Gasteiger partial charge in [0.25, 0.3) is 0 Å². The van der Waals surface area contributed by atoms with Gasteiger partial charge in [-0.3, -0.25) is 4.99 Å². The van der Waals surface area contributed by atoms with Crippen LogP contribution in [0.15, 0.2) is 29.3 Å². The average molecular weight is 460 g/mol. The number of likely N-dealkylation sites (tertiary alicyclic amines) is 1. The molecule has 0 amide bonds. The van der Waals surface area contributed by atoms with Gasteiger partial charge in [0.05, 0.1) is 7.11 Å². The van der Waals surface area contributed by atoms with Crippen molar-refractivity contribution in [3.8, 4) is 5.75 Å². The molecule has 0 saturated carbocycles. The summed E-state index contributed by atoms with van der Waals surface area (Å²) in [4.78, 5) is 7.22. The number of aliphatic imine (C=N–C) groups is 1. The number of hydrogen-bond donors (Lipinski definition) is 2. The Labute approximate surface area is 169 Å². The van der Waals surface area contributed by atoms with Gasteiger partial charge in [0, 0.05) is 19.6 Å². The van der Waals surface area contributed by atoms with Crippen LogP contribution < -0.4 is 15.4 Å². The Morgan fingerprint density at radius 3 is 2.68 bits per heavy atom. The van der Waals surface area contributed by atoms with Crippen molar-refractivity contribution in [1.29, 1.82) is 0 Å². The Bertz CT molecular complexity index is 504. The summed E-state index contributed by atoms with van der Waals surface area (Å²) in [5.41, 5.74) is 1.22. The van der Waals surface area contributed by atoms with Gasteiger partial charge >= 0.3 is 0 Å². The van der Waals surface area contributed by atoms with Crippen molar-refractivity contribution in [2.24, 2.45) is 4.99 Å². The molecule has 6 heteroatoms. The lowest BCUT2D eigenvalue weighted by atomic mass is 10.1. The summed E-state index contributed by atoms with van der Waals surface area (Å²) in [6, 6.07) is 8.17. The normalized spacial score (nSPS) is 14.9. The van der Waals surface area contributed by atoms with Gasteiger partial charge in [-0.1, -0.05) is 18.2 Å². The standard InChI is InChI=1S/C19H32N4O.HI/c1-3-20-19(21-12-8-16-23-14-6-7-15-23)22-13-11-17-9-4-5-10-18(17)24-2;/h4-5,9-10H,3,6-8,11-16H2,1-2H3,(H2,20,21,22);1H. The minimum absolute atomic E-state index is 0. The number of guanidine groups is 1. The zero-order chi connectivity index (χ0) is 17.0. The lowest BCUT2D eigenvalue weighted by molar-refractivity contribution is 0.336. The van der Waals surface area contributed by atoms with Gasteiger partial charge in [0.1, 0.15) is 5.75 Å². The molecular formula is C19H33IN4O. The van der Waals surface area contributed by atoms with Crippen LogP contribution in [0.4, 0.5) is 0 Å². The predicted octanol–water partition coefficient (Wildman–Crippen LogP) is 2.90. The van der Waals surface area contributed by atoms with E-state index in [1.807, 2.05) is 12.1 Å². The Balaban J connectivity index is 0.00000312. The highest BCUT2D eigenvalue weighted by Gasteiger charge is 2.10. The maximum atomic E-state index is 5.40. The van der Waals surface area contributed by atoms with Crippen molar-refractivity contribution in [2.75, 3.05) is 46.4 Å². The van der Waals surface area contributed by atoms with Crippen LogP contribution in [0.3, 0.4) is 0 Å². The van der Waals surface area contributed by atoms with Crippen molar-refractivity contribution in [1.82, 2.24) is 15.5 Å². The van der Waals surface area contributed by atoms with Crippen LogP contribution in [0, 0.1) is 0 Å². The van der Waals surface area contributed by atoms with E-state index in [1.54, 1.807) is 7.11 Å². The summed E-state index contributed by atoms with van der Waals surface area (Å²) in [5.74, 6) is 1.86. The van der Waals surface area contributed by atoms with E-state index in [2.05, 4.69) is 39.6 Å². The first-order valence-corrected chi connectivity index (χ1v) is 9.20. The minimum atomic E-state index is 0. The van der Waals surface area contributed by atoms with Crippen molar-refractivity contribution >= 4 is 29.9 Å². The Morgan fingerprint density at radius 1 is 1.20 bits per heavy atom. The van der Waals surface area contributed by atoms with Crippen LogP contribution in [-0.2, 0) is 6.42 Å². The van der Waals surface area contributed by atoms with Crippen LogP contribution >= 0.6 is 24.0 Å². The number of ether oxygens (including phenoxy) is 1. The van der Waals surface area contributed by atoms with Gasteiger partial charge in [0.2, 0.25) is 0 Å². The molecule has 1 aliphatic heterocycles. The third-order valence-corrected chi connectivity index (χ3v) is 4.32. The molecule has 2 N–H and O–H groups in total. The van der Waals surface area contributed by atoms with Crippen LogP contribution in [0.25, 0.3) is 0 Å². The summed E-state index contributed by atoms with van der Waals surface area (Å²) in [7, 11) is 1.72. The summed E-state index contributed by atoms with van der Waals surface area (Å²) in [5, 5.41) is 6.74. The SMILES string of the molecule is CCNC(=NCCCN1CCCC1)NCCc1ccccc1OC.I. The summed E-state index contributed by atoms with van der Waals surface area (Å²) in [6.45, 7) is 8.40. The first-order chi connectivity index (χ1) is 11.8. The maximum absolute atomic E-state index is 5.40. The smallest absolute Gasteiger partial charge is 0.191 e. The topological polar surface area (TPSA) is 48.9 Å². The quantitative estimate of drug-likeness (QED) is 0.258. The second kappa shape index (κ2) is 13.2. The first-order valence-electron chi connectivity index (χ1n) is 9.20. The van der Waals surface area contributed by atoms with E-state index in [1.165, 1.54) is 38.0 Å². The van der Waals surface area contributed by atoms with Crippen LogP contribution in [0.5, 0.6) is 5.75 Å². The molecule has 2 rings (SSSR count). The fourth-order valence-corrected chi connectivity index (χ4v) is 3.06. The van der Waals surface area contributed by atoms with E-state index in [0.29, 0.717) is 0 Å². The Kier molecular flexibility index (Phi) is 11.6. The van der Waals surface area contributed by atoms with Crippen LogP contribution in [-0.4, -0.2) is 57.2 Å². The summed E-state index contributed by atoms with van der Waals surface area (Å²) >= 11 is 0. The molecule has 0 atom stereocenters. The summed E-state index contributed by atoms with van der Waals surface area (Å²) in [6.07, 6.45) is 4.76. The van der Waals surface area contributed by atoms with Gasteiger partial charge in [0.15, 0.2) is 5.96 Å². The second-order valence-electron chi connectivity index (χ2n) is 6.15. The summed E-state index contributed by atoms with van der Waals surface area (Å²) < 4.78 is 5.40. The van der Waals surface area contributed by atoms with Gasteiger partial charge < -0.3 is 20.3 Å². The molecule has 25 heavy (non-hydrogen) atoms. The molecular weight excluding hydrogens is 427 g/mol. The predicted molar refractivity (Wildman–Crippen MR) is 116 cm³/mol. The highest BCUT2D eigenvalue weighted by atomic mass is 127. The van der Waals surface area contributed by atoms with Gasteiger partial charge in [-0.05, 0) is 63.9 Å². The number of rotatable bonds is 9. The monoisotopic (exact) mass is 460 g/mol. The fraction of sp³-hybridized carbons (Fsp3) is 0.632. The van der Waals surface area contributed by atoms with Crippen LogP contribution in [0.2, 0.25) is 0 Å². The molecule has 0 spiro atoms. The third-order valence-electron chi connectivity index (χ3n) is 4.32. The number of nitrogens with one attached hydrogen (secondary N) is 2.